The van der Waals surface area contributed by atoms with Crippen molar-refractivity contribution in [2.75, 3.05) is 24.7 Å². The Bertz CT molecular complexity index is 829. The Kier molecular flexibility index (Phi) is 4.56. The molecule has 124 valence electrons. The molecule has 24 heavy (non-hydrogen) atoms. The Balaban J connectivity index is 1.79. The number of hydrogen-bond acceptors (Lipinski definition) is 9. The van der Waals surface area contributed by atoms with Crippen LogP contribution in [0.1, 0.15) is 11.4 Å². The van der Waals surface area contributed by atoms with Crippen molar-refractivity contribution < 1.29 is 0 Å². The van der Waals surface area contributed by atoms with Gasteiger partial charge in [0.2, 0.25) is 17.1 Å². The summed E-state index contributed by atoms with van der Waals surface area (Å²) < 4.78 is 1.68. The van der Waals surface area contributed by atoms with Crippen molar-refractivity contribution in [2.45, 2.75) is 17.8 Å². The van der Waals surface area contributed by atoms with E-state index in [0.717, 1.165) is 5.69 Å². The van der Waals surface area contributed by atoms with Crippen molar-refractivity contribution in [3.8, 4) is 5.69 Å². The van der Waals surface area contributed by atoms with Gasteiger partial charge < -0.3 is 10.6 Å². The zero-order valence-corrected chi connectivity index (χ0v) is 14.4. The molecular formula is C14H17N9S. The van der Waals surface area contributed by atoms with Gasteiger partial charge in [-0.2, -0.15) is 19.6 Å². The predicted octanol–water partition coefficient (Wildman–Crippen LogP) is 1.10. The lowest BCUT2D eigenvalue weighted by Gasteiger charge is -2.11. The maximum Gasteiger partial charge on any atom is 0.229 e. The van der Waals surface area contributed by atoms with E-state index in [1.807, 2.05) is 45.3 Å². The van der Waals surface area contributed by atoms with Crippen LogP contribution in [0.4, 0.5) is 11.9 Å². The first-order chi connectivity index (χ1) is 11.5. The SMILES string of the molecule is Cc1ccc(-n2nnnc2SCc2nc(N)nc(N(C)C)n2)cc1. The molecular weight excluding hydrogens is 326 g/mol. The molecule has 10 heteroatoms. The molecule has 3 rings (SSSR count). The molecule has 0 unspecified atom stereocenters. The fraction of sp³-hybridized carbons (Fsp3) is 0.286. The second kappa shape index (κ2) is 6.79. The van der Waals surface area contributed by atoms with Crippen molar-refractivity contribution in [2.24, 2.45) is 0 Å². The fourth-order valence-electron chi connectivity index (χ4n) is 1.94. The molecule has 0 spiro atoms. The van der Waals surface area contributed by atoms with Gasteiger partial charge in [-0.1, -0.05) is 29.5 Å². The molecule has 2 N–H and O–H groups in total. The third-order valence-electron chi connectivity index (χ3n) is 3.14. The minimum Gasteiger partial charge on any atom is -0.368 e. The summed E-state index contributed by atoms with van der Waals surface area (Å²) in [5.41, 5.74) is 7.82. The van der Waals surface area contributed by atoms with Gasteiger partial charge >= 0.3 is 0 Å². The number of anilines is 2. The molecule has 2 aromatic heterocycles. The van der Waals surface area contributed by atoms with Crippen molar-refractivity contribution in [1.29, 1.82) is 0 Å². The topological polar surface area (TPSA) is 112 Å². The van der Waals surface area contributed by atoms with Gasteiger partial charge in [0.05, 0.1) is 11.4 Å². The van der Waals surface area contributed by atoms with E-state index in [1.54, 1.807) is 9.58 Å². The summed E-state index contributed by atoms with van der Waals surface area (Å²) >= 11 is 1.43. The third kappa shape index (κ3) is 3.59. The first-order valence-electron chi connectivity index (χ1n) is 7.19. The van der Waals surface area contributed by atoms with Crippen molar-refractivity contribution in [1.82, 2.24) is 35.2 Å². The Labute approximate surface area is 143 Å². The number of aromatic nitrogens is 7. The van der Waals surface area contributed by atoms with Gasteiger partial charge in [-0.3, -0.25) is 0 Å². The largest absolute Gasteiger partial charge is 0.368 e. The summed E-state index contributed by atoms with van der Waals surface area (Å²) in [4.78, 5) is 14.4. The van der Waals surface area contributed by atoms with E-state index >= 15 is 0 Å². The summed E-state index contributed by atoms with van der Waals surface area (Å²) in [7, 11) is 3.70. The second-order valence-electron chi connectivity index (χ2n) is 5.30. The van der Waals surface area contributed by atoms with Crippen molar-refractivity contribution in [3.05, 3.63) is 35.7 Å². The fourth-order valence-corrected chi connectivity index (χ4v) is 2.68. The van der Waals surface area contributed by atoms with Crippen LogP contribution in [0.2, 0.25) is 0 Å². The maximum absolute atomic E-state index is 5.74. The minimum atomic E-state index is 0.197. The Morgan fingerprint density at radius 3 is 2.58 bits per heavy atom. The van der Waals surface area contributed by atoms with Gasteiger partial charge in [-0.25, -0.2) is 0 Å². The highest BCUT2D eigenvalue weighted by Gasteiger charge is 2.12. The van der Waals surface area contributed by atoms with E-state index in [1.165, 1.54) is 17.3 Å². The average molecular weight is 343 g/mol. The van der Waals surface area contributed by atoms with Crippen LogP contribution in [-0.2, 0) is 5.75 Å². The Morgan fingerprint density at radius 2 is 1.88 bits per heavy atom. The lowest BCUT2D eigenvalue weighted by atomic mass is 10.2. The van der Waals surface area contributed by atoms with Crippen LogP contribution in [0.15, 0.2) is 29.4 Å². The summed E-state index contributed by atoms with van der Waals surface area (Å²) in [5.74, 6) is 1.79. The number of thioether (sulfide) groups is 1. The van der Waals surface area contributed by atoms with E-state index in [-0.39, 0.29) is 5.95 Å². The number of nitrogen functional groups attached to an aromatic ring is 1. The van der Waals surface area contributed by atoms with Gasteiger partial charge in [-0.05, 0) is 29.5 Å². The number of nitrogens with two attached hydrogens (primary N) is 1. The highest BCUT2D eigenvalue weighted by Crippen LogP contribution is 2.22. The van der Waals surface area contributed by atoms with Crippen LogP contribution in [-0.4, -0.2) is 49.3 Å². The Morgan fingerprint density at radius 1 is 1.12 bits per heavy atom. The smallest absolute Gasteiger partial charge is 0.229 e. The quantitative estimate of drug-likeness (QED) is 0.680. The van der Waals surface area contributed by atoms with E-state index in [0.29, 0.717) is 22.7 Å². The third-order valence-corrected chi connectivity index (χ3v) is 4.05. The highest BCUT2D eigenvalue weighted by atomic mass is 32.2. The van der Waals surface area contributed by atoms with E-state index in [4.69, 9.17) is 5.73 Å². The van der Waals surface area contributed by atoms with Crippen molar-refractivity contribution >= 4 is 23.7 Å². The first kappa shape index (κ1) is 16.1. The molecule has 0 bridgehead atoms. The number of nitrogens with zero attached hydrogens (tertiary/aromatic N) is 8. The molecule has 3 aromatic rings. The maximum atomic E-state index is 5.74. The molecule has 9 nitrogen and oxygen atoms in total. The molecule has 0 saturated heterocycles. The minimum absolute atomic E-state index is 0.197. The monoisotopic (exact) mass is 343 g/mol. The number of hydrogen-bond donors (Lipinski definition) is 1. The average Bonchev–Trinajstić information content (AvgIpc) is 3.01. The zero-order chi connectivity index (χ0) is 17.1. The van der Waals surface area contributed by atoms with Gasteiger partial charge in [0.1, 0.15) is 5.82 Å². The van der Waals surface area contributed by atoms with Crippen LogP contribution in [0.5, 0.6) is 0 Å². The lowest BCUT2D eigenvalue weighted by molar-refractivity contribution is 0.755. The van der Waals surface area contributed by atoms with Crippen LogP contribution < -0.4 is 10.6 Å². The summed E-state index contributed by atoms with van der Waals surface area (Å²) in [6.45, 7) is 2.03. The molecule has 0 atom stereocenters. The predicted molar refractivity (Wildman–Crippen MR) is 92.0 cm³/mol. The second-order valence-corrected chi connectivity index (χ2v) is 6.24. The molecule has 0 aliphatic carbocycles. The van der Waals surface area contributed by atoms with Gasteiger partial charge in [0, 0.05) is 14.1 Å². The summed E-state index contributed by atoms with van der Waals surface area (Å²) in [5, 5.41) is 12.5. The summed E-state index contributed by atoms with van der Waals surface area (Å²) in [6.07, 6.45) is 0. The molecule has 0 aliphatic rings. The van der Waals surface area contributed by atoms with Crippen LogP contribution in [0, 0.1) is 6.92 Å². The molecule has 0 fully saturated rings. The van der Waals surface area contributed by atoms with Crippen LogP contribution >= 0.6 is 11.8 Å². The number of benzene rings is 1. The lowest BCUT2D eigenvalue weighted by Crippen LogP contribution is -2.16. The van der Waals surface area contributed by atoms with E-state index in [9.17, 15) is 0 Å². The van der Waals surface area contributed by atoms with Crippen molar-refractivity contribution in [3.63, 3.8) is 0 Å². The standard InChI is InChI=1S/C14H17N9S/c1-9-4-6-10(7-5-9)23-14(19-20-21-23)24-8-11-16-12(15)18-13(17-11)22(2)3/h4-7H,8H2,1-3H3,(H2,15,16,17,18). The number of tetrazole rings is 1. The Hall–Kier alpha value is -2.75. The normalized spacial score (nSPS) is 10.8. The number of aryl methyl sites for hydroxylation is 1. The first-order valence-corrected chi connectivity index (χ1v) is 8.17. The molecule has 0 amide bonds. The van der Waals surface area contributed by atoms with E-state index in [2.05, 4.69) is 30.5 Å². The van der Waals surface area contributed by atoms with Gasteiger partial charge in [-0.15, -0.1) is 5.10 Å². The number of rotatable bonds is 5. The van der Waals surface area contributed by atoms with Crippen LogP contribution in [0.3, 0.4) is 0 Å². The van der Waals surface area contributed by atoms with Gasteiger partial charge in [0.25, 0.3) is 0 Å². The van der Waals surface area contributed by atoms with Gasteiger partial charge in [0.15, 0.2) is 0 Å². The molecule has 0 aliphatic heterocycles. The van der Waals surface area contributed by atoms with E-state index < -0.39 is 0 Å². The summed E-state index contributed by atoms with van der Waals surface area (Å²) in [6, 6.07) is 7.98. The highest BCUT2D eigenvalue weighted by molar-refractivity contribution is 7.98. The molecule has 1 aromatic carbocycles. The molecule has 2 heterocycles. The molecule has 0 radical (unpaired) electrons. The zero-order valence-electron chi connectivity index (χ0n) is 13.6. The van der Waals surface area contributed by atoms with Crippen LogP contribution in [0.25, 0.3) is 5.69 Å². The molecule has 0 saturated carbocycles.